The van der Waals surface area contributed by atoms with Crippen molar-refractivity contribution in [2.24, 2.45) is 0 Å². The van der Waals surface area contributed by atoms with Crippen LogP contribution in [0, 0.1) is 0 Å². The summed E-state index contributed by atoms with van der Waals surface area (Å²) in [7, 11) is 0. The average molecular weight is 352 g/mol. The summed E-state index contributed by atoms with van der Waals surface area (Å²) < 4.78 is 4.78. The summed E-state index contributed by atoms with van der Waals surface area (Å²) in [6, 6.07) is 2.77. The Morgan fingerprint density at radius 3 is 2.67 bits per heavy atom. The Balaban J connectivity index is 1.87. The van der Waals surface area contributed by atoms with E-state index in [0.29, 0.717) is 28.3 Å². The van der Waals surface area contributed by atoms with Crippen molar-refractivity contribution in [2.75, 3.05) is 5.32 Å². The minimum atomic E-state index is -0.0909. The highest BCUT2D eigenvalue weighted by atomic mass is 79.9. The third-order valence-corrected chi connectivity index (χ3v) is 3.29. The van der Waals surface area contributed by atoms with E-state index in [1.807, 2.05) is 0 Å². The third-order valence-electron chi connectivity index (χ3n) is 2.92. The molecule has 0 fully saturated rings. The van der Waals surface area contributed by atoms with Crippen LogP contribution < -0.4 is 9.15 Å². The van der Waals surface area contributed by atoms with Crippen LogP contribution in [0.15, 0.2) is 24.8 Å². The van der Waals surface area contributed by atoms with Gasteiger partial charge in [-0.15, -0.1) is 0 Å². The van der Waals surface area contributed by atoms with Crippen LogP contribution in [0.4, 0.5) is 5.82 Å². The van der Waals surface area contributed by atoms with Gasteiger partial charge < -0.3 is 24.3 Å². The zero-order valence-corrected chi connectivity index (χ0v) is 12.1. The largest absolute Gasteiger partial charge is 0.507 e. The summed E-state index contributed by atoms with van der Waals surface area (Å²) in [4.78, 5) is 15.0. The predicted octanol–water partition coefficient (Wildman–Crippen LogP) is 2.06. The van der Waals surface area contributed by atoms with E-state index in [1.165, 1.54) is 24.8 Å². The Kier molecular flexibility index (Phi) is 3.48. The molecule has 0 aliphatic rings. The number of imidazole rings is 1. The smallest absolute Gasteiger partial charge is 0.182 e. The lowest BCUT2D eigenvalue weighted by Crippen LogP contribution is -2.03. The number of hydrogen-bond acceptors (Lipinski definition) is 7. The number of phenolic OH excluding ortho intramolecular Hbond substituents is 2. The molecule has 1 aromatic carbocycles. The van der Waals surface area contributed by atoms with Gasteiger partial charge in [-0.3, -0.25) is 0 Å². The molecule has 0 saturated carbocycles. The van der Waals surface area contributed by atoms with Crippen molar-refractivity contribution in [1.82, 2.24) is 19.9 Å². The maximum atomic E-state index is 9.90. The average Bonchev–Trinajstić information content (AvgIpc) is 2.95. The highest BCUT2D eigenvalue weighted by molar-refractivity contribution is 9.06. The second-order valence-corrected chi connectivity index (χ2v) is 4.52. The van der Waals surface area contributed by atoms with Crippen LogP contribution in [-0.2, 0) is 6.54 Å². The zero-order valence-electron chi connectivity index (χ0n) is 10.5. The second kappa shape index (κ2) is 5.44. The highest BCUT2D eigenvalue weighted by Gasteiger charge is 2.12. The van der Waals surface area contributed by atoms with E-state index in [4.69, 9.17) is 3.83 Å². The van der Waals surface area contributed by atoms with Crippen LogP contribution in [0.3, 0.4) is 0 Å². The number of fused-ring (bicyclic) bond motifs is 1. The van der Waals surface area contributed by atoms with E-state index in [-0.39, 0.29) is 18.0 Å². The van der Waals surface area contributed by atoms with Crippen LogP contribution in [0.1, 0.15) is 5.56 Å². The molecule has 3 aromatic rings. The number of anilines is 1. The van der Waals surface area contributed by atoms with Crippen molar-refractivity contribution in [3.05, 3.63) is 30.4 Å². The van der Waals surface area contributed by atoms with Gasteiger partial charge in [-0.05, 0) is 0 Å². The van der Waals surface area contributed by atoms with E-state index >= 15 is 0 Å². The van der Waals surface area contributed by atoms with E-state index < -0.39 is 0 Å². The van der Waals surface area contributed by atoms with E-state index in [0.717, 1.165) is 0 Å². The van der Waals surface area contributed by atoms with Crippen molar-refractivity contribution in [1.29, 1.82) is 0 Å². The summed E-state index contributed by atoms with van der Waals surface area (Å²) in [5.41, 5.74) is 1.51. The number of aromatic amines is 1. The molecule has 0 bridgehead atoms. The Bertz CT molecular complexity index is 768. The van der Waals surface area contributed by atoms with Gasteiger partial charge in [0.05, 0.1) is 11.9 Å². The molecule has 2 aromatic heterocycles. The number of nitrogens with one attached hydrogen (secondary N) is 2. The fourth-order valence-corrected chi connectivity index (χ4v) is 2.10. The van der Waals surface area contributed by atoms with Crippen molar-refractivity contribution < 1.29 is 14.0 Å². The molecular weight excluding hydrogens is 342 g/mol. The van der Waals surface area contributed by atoms with Gasteiger partial charge in [0.25, 0.3) is 0 Å². The summed E-state index contributed by atoms with van der Waals surface area (Å²) in [6.07, 6.45) is 2.90. The zero-order chi connectivity index (χ0) is 14.8. The number of H-pyrrole nitrogens is 1. The molecule has 3 rings (SSSR count). The number of aromatic nitrogens is 4. The molecule has 0 spiro atoms. The molecule has 108 valence electrons. The van der Waals surface area contributed by atoms with E-state index in [9.17, 15) is 10.2 Å². The summed E-state index contributed by atoms with van der Waals surface area (Å²) in [6.45, 7) is 0.172. The molecule has 0 unspecified atom stereocenters. The third kappa shape index (κ3) is 2.55. The molecule has 4 N–H and O–H groups in total. The second-order valence-electron chi connectivity index (χ2n) is 4.19. The topological polar surface area (TPSA) is 116 Å². The molecule has 21 heavy (non-hydrogen) atoms. The number of aromatic hydroxyl groups is 2. The summed E-state index contributed by atoms with van der Waals surface area (Å²) >= 11 is 2.78. The fourth-order valence-electron chi connectivity index (χ4n) is 1.91. The first-order valence-corrected chi connectivity index (χ1v) is 6.55. The van der Waals surface area contributed by atoms with Gasteiger partial charge in [0.1, 0.15) is 29.1 Å². The lowest BCUT2D eigenvalue weighted by molar-refractivity contribution is 0.436. The number of halogens is 1. The molecule has 9 heteroatoms. The van der Waals surface area contributed by atoms with Crippen molar-refractivity contribution >= 4 is 33.2 Å². The number of hydrogen-bond donors (Lipinski definition) is 4. The summed E-state index contributed by atoms with van der Waals surface area (Å²) in [5, 5.41) is 22.8. The molecule has 0 radical (unpaired) electrons. The van der Waals surface area contributed by atoms with Crippen LogP contribution >= 0.6 is 16.3 Å². The van der Waals surface area contributed by atoms with Gasteiger partial charge in [-0.2, -0.15) is 0 Å². The maximum absolute atomic E-state index is 9.90. The standard InChI is InChI=1S/C12H10BrN5O3/c13-21-6-1-8(19)7(9(20)2-6)3-14-11-10-12(16-4-15-10)18-5-17-11/h1-2,4-5,19-20H,3H2,(H2,14,15,16,17,18). The van der Waals surface area contributed by atoms with Gasteiger partial charge in [0, 0.05) is 18.7 Å². The predicted molar refractivity (Wildman–Crippen MR) is 78.3 cm³/mol. The van der Waals surface area contributed by atoms with Gasteiger partial charge in [0.2, 0.25) is 0 Å². The molecule has 0 aliphatic heterocycles. The molecular formula is C12H10BrN5O3. The Hall–Kier alpha value is -2.55. The van der Waals surface area contributed by atoms with Crippen molar-refractivity contribution in [3.8, 4) is 17.2 Å². The first-order chi connectivity index (χ1) is 10.2. The van der Waals surface area contributed by atoms with Crippen LogP contribution in [0.25, 0.3) is 11.2 Å². The summed E-state index contributed by atoms with van der Waals surface area (Å²) in [5.74, 6) is 0.641. The Labute approximate surface area is 127 Å². The molecule has 2 heterocycles. The lowest BCUT2D eigenvalue weighted by atomic mass is 10.1. The highest BCUT2D eigenvalue weighted by Crippen LogP contribution is 2.33. The number of benzene rings is 1. The van der Waals surface area contributed by atoms with Gasteiger partial charge in [-0.1, -0.05) is 0 Å². The van der Waals surface area contributed by atoms with Gasteiger partial charge >= 0.3 is 0 Å². The Morgan fingerprint density at radius 1 is 1.19 bits per heavy atom. The van der Waals surface area contributed by atoms with E-state index in [1.54, 1.807) is 0 Å². The number of nitrogens with zero attached hydrogens (tertiary/aromatic N) is 3. The monoisotopic (exact) mass is 351 g/mol. The lowest BCUT2D eigenvalue weighted by Gasteiger charge is -2.10. The number of rotatable bonds is 4. The first kappa shape index (κ1) is 13.4. The normalized spacial score (nSPS) is 10.7. The van der Waals surface area contributed by atoms with E-state index in [2.05, 4.69) is 41.5 Å². The number of phenols is 2. The van der Waals surface area contributed by atoms with Gasteiger partial charge in [0.15, 0.2) is 27.7 Å². The molecule has 0 aliphatic carbocycles. The quantitative estimate of drug-likeness (QED) is 0.568. The minimum absolute atomic E-state index is 0.0909. The Morgan fingerprint density at radius 2 is 1.95 bits per heavy atom. The van der Waals surface area contributed by atoms with Gasteiger partial charge in [-0.25, -0.2) is 15.0 Å². The molecule has 0 saturated heterocycles. The molecule has 8 nitrogen and oxygen atoms in total. The SMILES string of the molecule is Oc1cc(OBr)cc(O)c1CNc1ncnc2nc[nH]c12. The first-order valence-electron chi connectivity index (χ1n) is 5.90. The van der Waals surface area contributed by atoms with Crippen LogP contribution in [0.2, 0.25) is 0 Å². The van der Waals surface area contributed by atoms with Crippen LogP contribution in [0.5, 0.6) is 17.2 Å². The molecule has 0 atom stereocenters. The maximum Gasteiger partial charge on any atom is 0.182 e. The minimum Gasteiger partial charge on any atom is -0.507 e. The van der Waals surface area contributed by atoms with Crippen molar-refractivity contribution in [2.45, 2.75) is 6.54 Å². The fraction of sp³-hybridized carbons (Fsp3) is 0.0833. The van der Waals surface area contributed by atoms with Crippen molar-refractivity contribution in [3.63, 3.8) is 0 Å². The molecule has 0 amide bonds. The van der Waals surface area contributed by atoms with Crippen LogP contribution in [-0.4, -0.2) is 30.1 Å².